The molecule has 0 spiro atoms. The van der Waals surface area contributed by atoms with E-state index in [-0.39, 0.29) is 5.65 Å². The average molecular weight is 494 g/mol. The smallest absolute Gasteiger partial charge is 0.356 e. The second kappa shape index (κ2) is 9.29. The molecule has 2 N–H and O–H groups in total. The molecule has 2 aromatic heterocycles. The molecule has 8 nitrogen and oxygen atoms in total. The van der Waals surface area contributed by atoms with Crippen molar-refractivity contribution < 1.29 is 31.2 Å². The van der Waals surface area contributed by atoms with Gasteiger partial charge in [-0.1, -0.05) is 30.3 Å². The van der Waals surface area contributed by atoms with Gasteiger partial charge >= 0.3 is 12.1 Å². The molecule has 2 amide bonds. The van der Waals surface area contributed by atoms with Crippen LogP contribution in [0.1, 0.15) is 25.0 Å². The predicted molar refractivity (Wildman–Crippen MR) is 120 cm³/mol. The van der Waals surface area contributed by atoms with Gasteiger partial charge in [-0.2, -0.15) is 13.2 Å². The fourth-order valence-electron chi connectivity index (χ4n) is 3.09. The van der Waals surface area contributed by atoms with Gasteiger partial charge in [0.05, 0.1) is 5.25 Å². The Morgan fingerprint density at radius 1 is 1.06 bits per heavy atom. The maximum atomic E-state index is 13.1. The Balaban J connectivity index is 2.29. The van der Waals surface area contributed by atoms with E-state index in [1.165, 1.54) is 39.2 Å². The van der Waals surface area contributed by atoms with E-state index in [4.69, 9.17) is 0 Å². The van der Waals surface area contributed by atoms with Gasteiger partial charge in [-0.05, 0) is 42.7 Å². The van der Waals surface area contributed by atoms with Crippen LogP contribution in [0, 0.1) is 0 Å². The van der Waals surface area contributed by atoms with Crippen molar-refractivity contribution in [3.63, 3.8) is 0 Å². The SMILES string of the molecule is CNC(=O)/C=C(\c1ccccc1)c1ccc2nc(NC(=O)C(F)(F)F)c(S(=O)(=O)C(C)C)n2c1. The molecule has 34 heavy (non-hydrogen) atoms. The summed E-state index contributed by atoms with van der Waals surface area (Å²) < 4.78 is 65.8. The molecule has 0 aliphatic rings. The molecular formula is C22H21F3N4O4S. The van der Waals surface area contributed by atoms with Crippen molar-refractivity contribution in [2.45, 2.75) is 30.3 Å². The van der Waals surface area contributed by atoms with Crippen LogP contribution in [0.5, 0.6) is 0 Å². The van der Waals surface area contributed by atoms with Crippen LogP contribution in [0.3, 0.4) is 0 Å². The summed E-state index contributed by atoms with van der Waals surface area (Å²) in [4.78, 5) is 27.6. The lowest BCUT2D eigenvalue weighted by molar-refractivity contribution is -0.167. The summed E-state index contributed by atoms with van der Waals surface area (Å²) in [5.74, 6) is -3.50. The number of nitrogens with zero attached hydrogens (tertiary/aromatic N) is 2. The molecule has 0 atom stereocenters. The Kier molecular flexibility index (Phi) is 6.82. The van der Waals surface area contributed by atoms with E-state index in [9.17, 15) is 31.2 Å². The molecule has 0 saturated carbocycles. The van der Waals surface area contributed by atoms with Gasteiger partial charge in [0.2, 0.25) is 5.91 Å². The average Bonchev–Trinajstić information content (AvgIpc) is 3.14. The highest BCUT2D eigenvalue weighted by molar-refractivity contribution is 7.92. The minimum Gasteiger partial charge on any atom is -0.356 e. The van der Waals surface area contributed by atoms with Crippen molar-refractivity contribution in [3.05, 3.63) is 65.9 Å². The maximum Gasteiger partial charge on any atom is 0.471 e. The zero-order valence-corrected chi connectivity index (χ0v) is 19.2. The van der Waals surface area contributed by atoms with E-state index >= 15 is 0 Å². The van der Waals surface area contributed by atoms with Crippen molar-refractivity contribution in [3.8, 4) is 0 Å². The standard InChI is InChI=1S/C22H21F3N4O4S/c1-13(2)34(32,33)20-19(28-21(31)22(23,24)25)27-17-10-9-15(12-29(17)20)16(11-18(30)26-3)14-7-5-4-6-8-14/h4-13H,1-3H3,(H,26,30)(H,28,31)/b16-11+. The van der Waals surface area contributed by atoms with Crippen molar-refractivity contribution in [2.75, 3.05) is 12.4 Å². The van der Waals surface area contributed by atoms with Crippen LogP contribution in [-0.2, 0) is 19.4 Å². The number of aromatic nitrogens is 2. The molecule has 0 aliphatic heterocycles. The zero-order chi connectivity index (χ0) is 25.3. The number of imidazole rings is 1. The molecule has 0 unspecified atom stereocenters. The molecule has 1 aromatic carbocycles. The highest BCUT2D eigenvalue weighted by Gasteiger charge is 2.41. The van der Waals surface area contributed by atoms with Crippen LogP contribution in [0.2, 0.25) is 0 Å². The topological polar surface area (TPSA) is 110 Å². The minimum atomic E-state index is -5.24. The first-order chi connectivity index (χ1) is 15.9. The fourth-order valence-corrected chi connectivity index (χ4v) is 4.32. The summed E-state index contributed by atoms with van der Waals surface area (Å²) in [6.07, 6.45) is -2.57. The number of hydrogen-bond donors (Lipinski definition) is 2. The minimum absolute atomic E-state index is 0.00666. The van der Waals surface area contributed by atoms with Crippen LogP contribution >= 0.6 is 0 Å². The molecule has 0 saturated heterocycles. The number of fused-ring (bicyclic) bond motifs is 1. The number of carbonyl (C=O) groups is 2. The molecule has 180 valence electrons. The number of alkyl halides is 3. The van der Waals surface area contributed by atoms with Crippen molar-refractivity contribution in [1.29, 1.82) is 0 Å². The quantitative estimate of drug-likeness (QED) is 0.512. The number of rotatable bonds is 6. The zero-order valence-electron chi connectivity index (χ0n) is 18.3. The van der Waals surface area contributed by atoms with Crippen molar-refractivity contribution in [1.82, 2.24) is 14.7 Å². The Morgan fingerprint density at radius 3 is 2.26 bits per heavy atom. The predicted octanol–water partition coefficient (Wildman–Crippen LogP) is 3.19. The normalized spacial score (nSPS) is 12.7. The second-order valence-corrected chi connectivity index (χ2v) is 9.92. The van der Waals surface area contributed by atoms with E-state index in [0.717, 1.165) is 4.40 Å². The summed E-state index contributed by atoms with van der Waals surface area (Å²) >= 11 is 0. The summed E-state index contributed by atoms with van der Waals surface area (Å²) in [5.41, 5.74) is 1.47. The van der Waals surface area contributed by atoms with Gasteiger partial charge in [-0.25, -0.2) is 13.4 Å². The Morgan fingerprint density at radius 2 is 1.71 bits per heavy atom. The van der Waals surface area contributed by atoms with Crippen LogP contribution in [-0.4, -0.2) is 48.1 Å². The number of benzene rings is 1. The van der Waals surface area contributed by atoms with Gasteiger partial charge in [0.15, 0.2) is 20.7 Å². The first-order valence-electron chi connectivity index (χ1n) is 9.99. The monoisotopic (exact) mass is 494 g/mol. The largest absolute Gasteiger partial charge is 0.471 e. The number of hydrogen-bond acceptors (Lipinski definition) is 5. The van der Waals surface area contributed by atoms with Crippen molar-refractivity contribution in [2.24, 2.45) is 0 Å². The molecular weight excluding hydrogens is 473 g/mol. The third-order valence-corrected chi connectivity index (χ3v) is 7.04. The molecule has 3 rings (SSSR count). The van der Waals surface area contributed by atoms with Crippen LogP contribution in [0.15, 0.2) is 59.8 Å². The molecule has 3 aromatic rings. The fraction of sp³-hybridized carbons (Fsp3) is 0.227. The molecule has 0 bridgehead atoms. The van der Waals surface area contributed by atoms with Crippen LogP contribution in [0.25, 0.3) is 11.2 Å². The molecule has 0 fully saturated rings. The summed E-state index contributed by atoms with van der Waals surface area (Å²) in [5, 5.41) is 2.43. The number of sulfone groups is 1. The maximum absolute atomic E-state index is 13.1. The van der Waals surface area contributed by atoms with Gasteiger partial charge in [-0.15, -0.1) is 0 Å². The first kappa shape index (κ1) is 25.0. The van der Waals surface area contributed by atoms with E-state index in [1.54, 1.807) is 41.7 Å². The molecule has 0 aliphatic carbocycles. The van der Waals surface area contributed by atoms with Gasteiger partial charge in [-0.3, -0.25) is 14.0 Å². The summed E-state index contributed by atoms with van der Waals surface area (Å²) in [6.45, 7) is 2.71. The van der Waals surface area contributed by atoms with Gasteiger partial charge in [0.1, 0.15) is 5.65 Å². The lowest BCUT2D eigenvalue weighted by atomic mass is 9.99. The second-order valence-electron chi connectivity index (χ2n) is 7.50. The number of amides is 2. The molecule has 12 heteroatoms. The van der Waals surface area contributed by atoms with E-state index in [1.807, 2.05) is 0 Å². The Labute approximate surface area is 193 Å². The lowest BCUT2D eigenvalue weighted by Crippen LogP contribution is -2.31. The third kappa shape index (κ3) is 4.96. The van der Waals surface area contributed by atoms with Gasteiger partial charge < -0.3 is 10.6 Å². The van der Waals surface area contributed by atoms with Crippen LogP contribution < -0.4 is 10.6 Å². The summed E-state index contributed by atoms with van der Waals surface area (Å²) in [6, 6.07) is 11.7. The summed E-state index contributed by atoms with van der Waals surface area (Å²) in [7, 11) is -2.75. The first-order valence-corrected chi connectivity index (χ1v) is 11.5. The van der Waals surface area contributed by atoms with Gasteiger partial charge in [0, 0.05) is 19.3 Å². The Bertz CT molecular complexity index is 1380. The number of nitrogens with one attached hydrogen (secondary N) is 2. The highest BCUT2D eigenvalue weighted by atomic mass is 32.2. The van der Waals surface area contributed by atoms with Crippen LogP contribution in [0.4, 0.5) is 19.0 Å². The molecule has 0 radical (unpaired) electrons. The number of pyridine rings is 1. The number of likely N-dealkylation sites (N-methyl/N-ethyl adjacent to an activating group) is 1. The van der Waals surface area contributed by atoms with Crippen molar-refractivity contribution >= 4 is 38.7 Å². The van der Waals surface area contributed by atoms with E-state index in [0.29, 0.717) is 16.7 Å². The third-order valence-electron chi connectivity index (χ3n) is 4.87. The van der Waals surface area contributed by atoms with E-state index < -0.39 is 43.9 Å². The highest BCUT2D eigenvalue weighted by Crippen LogP contribution is 2.31. The lowest BCUT2D eigenvalue weighted by Gasteiger charge is -2.13. The Hall–Kier alpha value is -3.67. The number of halogens is 3. The van der Waals surface area contributed by atoms with E-state index in [2.05, 4.69) is 10.3 Å². The number of carbonyl (C=O) groups excluding carboxylic acids is 2. The molecule has 2 heterocycles. The van der Waals surface area contributed by atoms with Gasteiger partial charge in [0.25, 0.3) is 0 Å². The number of anilines is 1.